The van der Waals surface area contributed by atoms with Crippen LogP contribution in [0.3, 0.4) is 0 Å². The summed E-state index contributed by atoms with van der Waals surface area (Å²) in [5.41, 5.74) is 3.91. The van der Waals surface area contributed by atoms with Gasteiger partial charge in [-0.05, 0) is 24.1 Å². The third-order valence-corrected chi connectivity index (χ3v) is 5.44. The Morgan fingerprint density at radius 2 is 1.61 bits per heavy atom. The van der Waals surface area contributed by atoms with E-state index in [1.54, 1.807) is 32.4 Å². The van der Waals surface area contributed by atoms with Gasteiger partial charge in [-0.1, -0.05) is 42.5 Å². The van der Waals surface area contributed by atoms with E-state index in [0.29, 0.717) is 30.3 Å². The maximum Gasteiger partial charge on any atom is 0.319 e. The van der Waals surface area contributed by atoms with Gasteiger partial charge in [0.2, 0.25) is 0 Å². The van der Waals surface area contributed by atoms with Crippen LogP contribution in [0.4, 0.5) is 10.5 Å². The van der Waals surface area contributed by atoms with Crippen LogP contribution in [-0.2, 0) is 19.4 Å². The topological polar surface area (TPSA) is 77.4 Å². The Kier molecular flexibility index (Phi) is 7.09. The number of ether oxygens (including phenoxy) is 2. The SMILES string of the molecule is COc1cc(NC(=O)NCCn2c(CCc3ccccc3)nc3ccccc32)cc(OC)c1. The predicted molar refractivity (Wildman–Crippen MR) is 130 cm³/mol. The summed E-state index contributed by atoms with van der Waals surface area (Å²) in [7, 11) is 3.15. The molecule has 0 bridgehead atoms. The molecule has 0 saturated carbocycles. The predicted octanol–water partition coefficient (Wildman–Crippen LogP) is 4.66. The number of hydrogen-bond acceptors (Lipinski definition) is 4. The Morgan fingerprint density at radius 3 is 2.33 bits per heavy atom. The second-order valence-electron chi connectivity index (χ2n) is 7.64. The van der Waals surface area contributed by atoms with Crippen LogP contribution in [0.25, 0.3) is 11.0 Å². The van der Waals surface area contributed by atoms with Crippen molar-refractivity contribution in [2.45, 2.75) is 19.4 Å². The molecule has 4 rings (SSSR count). The molecule has 0 atom stereocenters. The zero-order valence-corrected chi connectivity index (χ0v) is 18.9. The number of fused-ring (bicyclic) bond motifs is 1. The van der Waals surface area contributed by atoms with Gasteiger partial charge in [0.25, 0.3) is 0 Å². The van der Waals surface area contributed by atoms with Crippen LogP contribution in [0, 0.1) is 0 Å². The molecular weight excluding hydrogens is 416 g/mol. The number of nitrogens with zero attached hydrogens (tertiary/aromatic N) is 2. The number of aryl methyl sites for hydroxylation is 2. The number of carbonyl (C=O) groups is 1. The Labute approximate surface area is 193 Å². The largest absolute Gasteiger partial charge is 0.497 e. The van der Waals surface area contributed by atoms with Crippen molar-refractivity contribution in [3.8, 4) is 11.5 Å². The van der Waals surface area contributed by atoms with Crippen molar-refractivity contribution in [1.29, 1.82) is 0 Å². The van der Waals surface area contributed by atoms with Crippen LogP contribution in [-0.4, -0.2) is 36.3 Å². The molecule has 4 aromatic rings. The van der Waals surface area contributed by atoms with Crippen LogP contribution < -0.4 is 20.1 Å². The highest BCUT2D eigenvalue weighted by Gasteiger charge is 2.11. The lowest BCUT2D eigenvalue weighted by molar-refractivity contribution is 0.251. The van der Waals surface area contributed by atoms with Crippen LogP contribution in [0.15, 0.2) is 72.8 Å². The highest BCUT2D eigenvalue weighted by Crippen LogP contribution is 2.25. The number of hydrogen-bond donors (Lipinski definition) is 2. The number of para-hydroxylation sites is 2. The minimum atomic E-state index is -0.291. The van der Waals surface area contributed by atoms with E-state index in [2.05, 4.69) is 45.5 Å². The molecule has 170 valence electrons. The molecular formula is C26H28N4O3. The fraction of sp³-hybridized carbons (Fsp3) is 0.231. The minimum Gasteiger partial charge on any atom is -0.497 e. The first-order valence-corrected chi connectivity index (χ1v) is 10.9. The Hall–Kier alpha value is -4.00. The first-order valence-electron chi connectivity index (χ1n) is 10.9. The van der Waals surface area contributed by atoms with Crippen molar-refractivity contribution < 1.29 is 14.3 Å². The number of imidazole rings is 1. The lowest BCUT2D eigenvalue weighted by Crippen LogP contribution is -2.31. The number of aromatic nitrogens is 2. The lowest BCUT2D eigenvalue weighted by Gasteiger charge is -2.12. The highest BCUT2D eigenvalue weighted by atomic mass is 16.5. The van der Waals surface area contributed by atoms with Gasteiger partial charge in [-0.3, -0.25) is 0 Å². The van der Waals surface area contributed by atoms with Crippen molar-refractivity contribution >= 4 is 22.8 Å². The Balaban J connectivity index is 1.41. The number of amides is 2. The Morgan fingerprint density at radius 1 is 0.909 bits per heavy atom. The molecule has 0 saturated heterocycles. The minimum absolute atomic E-state index is 0.291. The lowest BCUT2D eigenvalue weighted by atomic mass is 10.1. The summed E-state index contributed by atoms with van der Waals surface area (Å²) in [5.74, 6) is 2.23. The van der Waals surface area contributed by atoms with Gasteiger partial charge >= 0.3 is 6.03 Å². The summed E-state index contributed by atoms with van der Waals surface area (Å²) in [5, 5.41) is 5.76. The van der Waals surface area contributed by atoms with Crippen molar-refractivity contribution in [2.75, 3.05) is 26.1 Å². The third kappa shape index (κ3) is 5.63. The van der Waals surface area contributed by atoms with Crippen molar-refractivity contribution in [3.63, 3.8) is 0 Å². The molecule has 0 aliphatic carbocycles. The van der Waals surface area contributed by atoms with E-state index in [9.17, 15) is 4.79 Å². The standard InChI is InChI=1S/C26H28N4O3/c1-32-21-16-20(17-22(18-21)33-2)28-26(31)27-14-15-30-24-11-7-6-10-23(24)29-25(30)13-12-19-8-4-3-5-9-19/h3-11,16-18H,12-15H2,1-2H3,(H2,27,28,31). The fourth-order valence-corrected chi connectivity index (χ4v) is 3.80. The molecule has 2 N–H and O–H groups in total. The van der Waals surface area contributed by atoms with E-state index in [1.807, 2.05) is 24.3 Å². The summed E-state index contributed by atoms with van der Waals surface area (Å²) < 4.78 is 12.7. The van der Waals surface area contributed by atoms with E-state index in [0.717, 1.165) is 29.7 Å². The van der Waals surface area contributed by atoms with Gasteiger partial charge in [0.15, 0.2) is 0 Å². The van der Waals surface area contributed by atoms with Crippen molar-refractivity contribution in [3.05, 3.63) is 84.2 Å². The molecule has 33 heavy (non-hydrogen) atoms. The molecule has 1 heterocycles. The van der Waals surface area contributed by atoms with Crippen LogP contribution in [0.2, 0.25) is 0 Å². The smallest absolute Gasteiger partial charge is 0.319 e. The summed E-state index contributed by atoms with van der Waals surface area (Å²) in [6, 6.07) is 23.4. The molecule has 7 nitrogen and oxygen atoms in total. The normalized spacial score (nSPS) is 10.7. The second-order valence-corrected chi connectivity index (χ2v) is 7.64. The zero-order chi connectivity index (χ0) is 23.0. The van der Waals surface area contributed by atoms with Gasteiger partial charge in [0, 0.05) is 43.4 Å². The van der Waals surface area contributed by atoms with Crippen LogP contribution in [0.5, 0.6) is 11.5 Å². The number of carbonyl (C=O) groups excluding carboxylic acids is 1. The number of methoxy groups -OCH3 is 2. The molecule has 0 spiro atoms. The first-order chi connectivity index (χ1) is 16.2. The monoisotopic (exact) mass is 444 g/mol. The van der Waals surface area contributed by atoms with Gasteiger partial charge < -0.3 is 24.7 Å². The van der Waals surface area contributed by atoms with Gasteiger partial charge in [0.1, 0.15) is 17.3 Å². The summed E-state index contributed by atoms with van der Waals surface area (Å²) in [6.07, 6.45) is 1.74. The summed E-state index contributed by atoms with van der Waals surface area (Å²) in [4.78, 5) is 17.3. The van der Waals surface area contributed by atoms with Crippen molar-refractivity contribution in [2.24, 2.45) is 0 Å². The number of nitrogens with one attached hydrogen (secondary N) is 2. The molecule has 0 fully saturated rings. The zero-order valence-electron chi connectivity index (χ0n) is 18.9. The van der Waals surface area contributed by atoms with E-state index in [4.69, 9.17) is 14.5 Å². The van der Waals surface area contributed by atoms with E-state index in [-0.39, 0.29) is 6.03 Å². The molecule has 1 aromatic heterocycles. The molecule has 7 heteroatoms. The van der Waals surface area contributed by atoms with Crippen LogP contribution >= 0.6 is 0 Å². The van der Waals surface area contributed by atoms with Crippen molar-refractivity contribution in [1.82, 2.24) is 14.9 Å². The number of anilines is 1. The number of urea groups is 1. The molecule has 2 amide bonds. The quantitative estimate of drug-likeness (QED) is 0.394. The molecule has 0 radical (unpaired) electrons. The maximum absolute atomic E-state index is 12.5. The third-order valence-electron chi connectivity index (χ3n) is 5.44. The number of benzene rings is 3. The molecule has 0 aliphatic heterocycles. The average Bonchev–Trinajstić information content (AvgIpc) is 3.20. The second kappa shape index (κ2) is 10.5. The highest BCUT2D eigenvalue weighted by molar-refractivity contribution is 5.89. The van der Waals surface area contributed by atoms with Gasteiger partial charge in [-0.2, -0.15) is 0 Å². The van der Waals surface area contributed by atoms with Crippen LogP contribution in [0.1, 0.15) is 11.4 Å². The van der Waals surface area contributed by atoms with E-state index < -0.39 is 0 Å². The van der Waals surface area contributed by atoms with Gasteiger partial charge in [0.05, 0.1) is 25.3 Å². The van der Waals surface area contributed by atoms with Gasteiger partial charge in [-0.25, -0.2) is 9.78 Å². The summed E-state index contributed by atoms with van der Waals surface area (Å²) in [6.45, 7) is 1.09. The fourth-order valence-electron chi connectivity index (χ4n) is 3.80. The molecule has 0 unspecified atom stereocenters. The maximum atomic E-state index is 12.5. The average molecular weight is 445 g/mol. The summed E-state index contributed by atoms with van der Waals surface area (Å²) >= 11 is 0. The first kappa shape index (κ1) is 22.2. The Bertz CT molecular complexity index is 1200. The number of rotatable bonds is 9. The molecule has 3 aromatic carbocycles. The van der Waals surface area contributed by atoms with E-state index >= 15 is 0 Å². The van der Waals surface area contributed by atoms with Gasteiger partial charge in [-0.15, -0.1) is 0 Å². The molecule has 0 aliphatic rings. The van der Waals surface area contributed by atoms with E-state index in [1.165, 1.54) is 5.56 Å².